The standard InChI is InChI=1S/C12H19N3O2/c1-3-5-8(4-2)15-11-6-9(12(16)17)10(13)7-14-11/h6-8H,3-5,13H2,1-2H3,(H,14,15)(H,16,17). The van der Waals surface area contributed by atoms with E-state index in [1.165, 1.54) is 12.3 Å². The fraction of sp³-hybridized carbons (Fsp3) is 0.500. The third kappa shape index (κ3) is 3.62. The molecule has 0 aliphatic heterocycles. The quantitative estimate of drug-likeness (QED) is 0.706. The first-order valence-electron chi connectivity index (χ1n) is 5.83. The molecule has 0 saturated carbocycles. The molecule has 1 rings (SSSR count). The van der Waals surface area contributed by atoms with Crippen LogP contribution in [-0.2, 0) is 0 Å². The monoisotopic (exact) mass is 237 g/mol. The average molecular weight is 237 g/mol. The second-order valence-electron chi connectivity index (χ2n) is 4.00. The number of nitrogens with zero attached hydrogens (tertiary/aromatic N) is 1. The van der Waals surface area contributed by atoms with Crippen molar-refractivity contribution in [2.75, 3.05) is 11.1 Å². The molecule has 1 aromatic rings. The molecular weight excluding hydrogens is 218 g/mol. The summed E-state index contributed by atoms with van der Waals surface area (Å²) in [6.07, 6.45) is 4.46. The number of nitrogens with one attached hydrogen (secondary N) is 1. The zero-order chi connectivity index (χ0) is 12.8. The number of pyridine rings is 1. The maximum Gasteiger partial charge on any atom is 0.337 e. The van der Waals surface area contributed by atoms with Crippen molar-refractivity contribution in [3.05, 3.63) is 17.8 Å². The average Bonchev–Trinajstić information content (AvgIpc) is 2.30. The first-order valence-corrected chi connectivity index (χ1v) is 5.83. The molecule has 17 heavy (non-hydrogen) atoms. The molecule has 1 heterocycles. The number of carbonyl (C=O) groups is 1. The van der Waals surface area contributed by atoms with Gasteiger partial charge in [-0.2, -0.15) is 0 Å². The molecule has 94 valence electrons. The van der Waals surface area contributed by atoms with Gasteiger partial charge in [0, 0.05) is 6.04 Å². The van der Waals surface area contributed by atoms with Crippen LogP contribution in [0.15, 0.2) is 12.3 Å². The van der Waals surface area contributed by atoms with Crippen LogP contribution in [0, 0.1) is 0 Å². The van der Waals surface area contributed by atoms with Crippen molar-refractivity contribution in [2.45, 2.75) is 39.2 Å². The van der Waals surface area contributed by atoms with Gasteiger partial charge < -0.3 is 16.2 Å². The lowest BCUT2D eigenvalue weighted by atomic mass is 10.1. The number of nitrogens with two attached hydrogens (primary N) is 1. The Labute approximate surface area is 101 Å². The Kier molecular flexibility index (Phi) is 4.75. The van der Waals surface area contributed by atoms with E-state index in [9.17, 15) is 4.79 Å². The van der Waals surface area contributed by atoms with Crippen molar-refractivity contribution < 1.29 is 9.90 Å². The third-order valence-corrected chi connectivity index (χ3v) is 2.65. The molecule has 1 atom stereocenters. The number of carboxylic acid groups (broad SMARTS) is 1. The minimum atomic E-state index is -1.03. The molecule has 0 saturated heterocycles. The van der Waals surface area contributed by atoms with Gasteiger partial charge in [0.15, 0.2) is 0 Å². The number of rotatable bonds is 6. The normalized spacial score (nSPS) is 12.1. The Balaban J connectivity index is 2.84. The summed E-state index contributed by atoms with van der Waals surface area (Å²) in [4.78, 5) is 15.0. The van der Waals surface area contributed by atoms with Crippen LogP contribution in [0.4, 0.5) is 11.5 Å². The topological polar surface area (TPSA) is 88.2 Å². The maximum absolute atomic E-state index is 10.9. The molecule has 1 unspecified atom stereocenters. The SMILES string of the molecule is CCCC(CC)Nc1cc(C(=O)O)c(N)cn1. The van der Waals surface area contributed by atoms with E-state index >= 15 is 0 Å². The van der Waals surface area contributed by atoms with Gasteiger partial charge in [-0.1, -0.05) is 20.3 Å². The molecule has 0 fully saturated rings. The molecule has 0 aliphatic rings. The molecule has 0 amide bonds. The number of hydrogen-bond donors (Lipinski definition) is 3. The minimum Gasteiger partial charge on any atom is -0.478 e. The number of hydrogen-bond acceptors (Lipinski definition) is 4. The molecule has 4 N–H and O–H groups in total. The second-order valence-corrected chi connectivity index (χ2v) is 4.00. The van der Waals surface area contributed by atoms with Gasteiger partial charge in [-0.3, -0.25) is 0 Å². The smallest absolute Gasteiger partial charge is 0.337 e. The van der Waals surface area contributed by atoms with Crippen LogP contribution in [0.5, 0.6) is 0 Å². The lowest BCUT2D eigenvalue weighted by molar-refractivity contribution is 0.0698. The lowest BCUT2D eigenvalue weighted by Gasteiger charge is -2.17. The van der Waals surface area contributed by atoms with Crippen molar-refractivity contribution >= 4 is 17.5 Å². The predicted octanol–water partition coefficient (Wildman–Crippen LogP) is 2.35. The Morgan fingerprint density at radius 2 is 2.29 bits per heavy atom. The zero-order valence-electron chi connectivity index (χ0n) is 10.2. The summed E-state index contributed by atoms with van der Waals surface area (Å²) in [6.45, 7) is 4.20. The molecular formula is C12H19N3O2. The Hall–Kier alpha value is -1.78. The Bertz CT molecular complexity index is 393. The van der Waals surface area contributed by atoms with Crippen LogP contribution in [0.2, 0.25) is 0 Å². The van der Waals surface area contributed by atoms with Crippen molar-refractivity contribution in [3.63, 3.8) is 0 Å². The number of aromatic carboxylic acids is 1. The summed E-state index contributed by atoms with van der Waals surface area (Å²) >= 11 is 0. The van der Waals surface area contributed by atoms with Gasteiger partial charge in [0.05, 0.1) is 17.4 Å². The van der Waals surface area contributed by atoms with Gasteiger partial charge in [0.2, 0.25) is 0 Å². The van der Waals surface area contributed by atoms with E-state index in [1.54, 1.807) is 0 Å². The summed E-state index contributed by atoms with van der Waals surface area (Å²) in [7, 11) is 0. The summed E-state index contributed by atoms with van der Waals surface area (Å²) in [5.41, 5.74) is 5.82. The van der Waals surface area contributed by atoms with Crippen molar-refractivity contribution in [1.82, 2.24) is 4.98 Å². The van der Waals surface area contributed by atoms with E-state index < -0.39 is 5.97 Å². The van der Waals surface area contributed by atoms with Crippen molar-refractivity contribution in [2.24, 2.45) is 0 Å². The summed E-state index contributed by atoms with van der Waals surface area (Å²) in [6, 6.07) is 1.80. The zero-order valence-corrected chi connectivity index (χ0v) is 10.2. The highest BCUT2D eigenvalue weighted by Crippen LogP contribution is 2.17. The predicted molar refractivity (Wildman–Crippen MR) is 68.2 cm³/mol. The largest absolute Gasteiger partial charge is 0.478 e. The molecule has 5 heteroatoms. The van der Waals surface area contributed by atoms with Crippen LogP contribution in [0.25, 0.3) is 0 Å². The van der Waals surface area contributed by atoms with Gasteiger partial charge in [0.25, 0.3) is 0 Å². The molecule has 0 aliphatic carbocycles. The van der Waals surface area contributed by atoms with Crippen LogP contribution < -0.4 is 11.1 Å². The highest BCUT2D eigenvalue weighted by atomic mass is 16.4. The van der Waals surface area contributed by atoms with E-state index in [1.807, 2.05) is 0 Å². The van der Waals surface area contributed by atoms with Gasteiger partial charge in [-0.15, -0.1) is 0 Å². The Morgan fingerprint density at radius 1 is 1.59 bits per heavy atom. The first kappa shape index (κ1) is 13.3. The van der Waals surface area contributed by atoms with Crippen molar-refractivity contribution in [3.8, 4) is 0 Å². The van der Waals surface area contributed by atoms with Gasteiger partial charge in [-0.25, -0.2) is 9.78 Å². The van der Waals surface area contributed by atoms with E-state index in [0.717, 1.165) is 19.3 Å². The van der Waals surface area contributed by atoms with Crippen LogP contribution >= 0.6 is 0 Å². The van der Waals surface area contributed by atoms with Crippen LogP contribution in [-0.4, -0.2) is 22.1 Å². The third-order valence-electron chi connectivity index (χ3n) is 2.65. The highest BCUT2D eigenvalue weighted by molar-refractivity contribution is 5.94. The number of aromatic nitrogens is 1. The van der Waals surface area contributed by atoms with E-state index in [2.05, 4.69) is 24.1 Å². The van der Waals surface area contributed by atoms with E-state index in [-0.39, 0.29) is 11.3 Å². The lowest BCUT2D eigenvalue weighted by Crippen LogP contribution is -2.19. The van der Waals surface area contributed by atoms with Crippen LogP contribution in [0.1, 0.15) is 43.5 Å². The van der Waals surface area contributed by atoms with E-state index in [0.29, 0.717) is 11.9 Å². The van der Waals surface area contributed by atoms with Crippen molar-refractivity contribution in [1.29, 1.82) is 0 Å². The molecule has 0 spiro atoms. The summed E-state index contributed by atoms with van der Waals surface area (Å²) < 4.78 is 0. The van der Waals surface area contributed by atoms with E-state index in [4.69, 9.17) is 10.8 Å². The Morgan fingerprint density at radius 3 is 2.82 bits per heavy atom. The van der Waals surface area contributed by atoms with Gasteiger partial charge in [0.1, 0.15) is 5.82 Å². The molecule has 0 radical (unpaired) electrons. The number of carboxylic acids is 1. The second kappa shape index (κ2) is 6.08. The fourth-order valence-electron chi connectivity index (χ4n) is 1.67. The summed E-state index contributed by atoms with van der Waals surface area (Å²) in [5, 5.41) is 12.2. The number of anilines is 2. The maximum atomic E-state index is 10.9. The van der Waals surface area contributed by atoms with Gasteiger partial charge >= 0.3 is 5.97 Å². The summed E-state index contributed by atoms with van der Waals surface area (Å²) in [5.74, 6) is -0.464. The molecule has 0 aromatic carbocycles. The molecule has 0 bridgehead atoms. The molecule has 1 aromatic heterocycles. The minimum absolute atomic E-state index is 0.0915. The van der Waals surface area contributed by atoms with Gasteiger partial charge in [-0.05, 0) is 18.9 Å². The molecule has 5 nitrogen and oxygen atoms in total. The fourth-order valence-corrected chi connectivity index (χ4v) is 1.67. The van der Waals surface area contributed by atoms with Crippen LogP contribution in [0.3, 0.4) is 0 Å². The number of nitrogen functional groups attached to an aromatic ring is 1. The first-order chi connectivity index (χ1) is 8.08. The highest BCUT2D eigenvalue weighted by Gasteiger charge is 2.11.